The fraction of sp³-hybridized carbons (Fsp3) is 0.250. The Labute approximate surface area is 170 Å². The molecule has 4 heterocycles. The van der Waals surface area contributed by atoms with Crippen LogP contribution < -0.4 is 10.1 Å². The lowest BCUT2D eigenvalue weighted by atomic mass is 10.1. The molecule has 1 N–H and O–H groups in total. The van der Waals surface area contributed by atoms with E-state index in [1.54, 1.807) is 35.8 Å². The smallest absolute Gasteiger partial charge is 0.275 e. The summed E-state index contributed by atoms with van der Waals surface area (Å²) in [7, 11) is 0. The van der Waals surface area contributed by atoms with Crippen molar-refractivity contribution in [3.05, 3.63) is 53.4 Å². The number of rotatable bonds is 0. The lowest BCUT2D eigenvalue weighted by molar-refractivity contribution is 0.0862. The molecule has 9 heteroatoms. The molecule has 3 aromatic heterocycles. The number of nitrogens with one attached hydrogen (secondary N) is 1. The van der Waals surface area contributed by atoms with E-state index in [1.807, 2.05) is 0 Å². The van der Waals surface area contributed by atoms with Gasteiger partial charge in [-0.25, -0.2) is 9.97 Å². The van der Waals surface area contributed by atoms with Crippen molar-refractivity contribution in [1.82, 2.24) is 15.0 Å². The van der Waals surface area contributed by atoms with Crippen molar-refractivity contribution in [3.8, 4) is 16.5 Å². The molecule has 0 saturated heterocycles. The molecule has 0 saturated carbocycles. The minimum Gasteiger partial charge on any atom is -0.475 e. The van der Waals surface area contributed by atoms with Crippen molar-refractivity contribution in [2.75, 3.05) is 25.1 Å². The van der Waals surface area contributed by atoms with Gasteiger partial charge in [0.05, 0.1) is 12.3 Å². The Bertz CT molecular complexity index is 1040. The van der Waals surface area contributed by atoms with E-state index in [0.717, 1.165) is 5.56 Å². The van der Waals surface area contributed by atoms with Crippen LogP contribution in [0.25, 0.3) is 10.6 Å². The molecule has 0 unspecified atom stereocenters. The van der Waals surface area contributed by atoms with Gasteiger partial charge in [0.2, 0.25) is 5.88 Å². The summed E-state index contributed by atoms with van der Waals surface area (Å²) in [5, 5.41) is 5.09. The number of amides is 1. The molecular formula is C20H18N4O4S. The number of hydrogen-bond donors (Lipinski definition) is 1. The van der Waals surface area contributed by atoms with E-state index in [2.05, 4.69) is 20.3 Å². The minimum atomic E-state index is -0.399. The zero-order valence-electron chi connectivity index (χ0n) is 15.5. The van der Waals surface area contributed by atoms with Crippen molar-refractivity contribution in [3.63, 3.8) is 0 Å². The topological polar surface area (TPSA) is 103 Å². The third-order valence-electron chi connectivity index (χ3n) is 4.21. The van der Waals surface area contributed by atoms with Gasteiger partial charge in [0, 0.05) is 42.4 Å². The third kappa shape index (κ3) is 4.64. The number of aromatic nitrogens is 3. The molecule has 0 fully saturated rings. The Kier molecular flexibility index (Phi) is 5.87. The Balaban J connectivity index is 1.64. The summed E-state index contributed by atoms with van der Waals surface area (Å²) in [5.74, 6) is -0.0897. The fourth-order valence-electron chi connectivity index (χ4n) is 2.81. The number of carbonyl (C=O) groups is 2. The molecule has 29 heavy (non-hydrogen) atoms. The Morgan fingerprint density at radius 1 is 1.07 bits per heavy atom. The Morgan fingerprint density at radius 2 is 2.00 bits per heavy atom. The van der Waals surface area contributed by atoms with E-state index in [1.165, 1.54) is 17.5 Å². The lowest BCUT2D eigenvalue weighted by Gasteiger charge is -2.10. The van der Waals surface area contributed by atoms with Crippen molar-refractivity contribution < 1.29 is 19.1 Å². The molecule has 0 spiro atoms. The van der Waals surface area contributed by atoms with E-state index in [0.29, 0.717) is 42.8 Å². The second kappa shape index (κ2) is 8.89. The quantitative estimate of drug-likeness (QED) is 0.607. The van der Waals surface area contributed by atoms with E-state index in [9.17, 15) is 9.59 Å². The average molecular weight is 410 g/mol. The first kappa shape index (κ1) is 19.2. The van der Waals surface area contributed by atoms with Gasteiger partial charge in [0.1, 0.15) is 23.0 Å². The SMILES string of the molecule is O=C1Nc2cccnc2C(=O)CCCOCCOc2cc(ccn2)-c2nc1cs2. The molecule has 4 rings (SSSR count). The van der Waals surface area contributed by atoms with Gasteiger partial charge in [-0.05, 0) is 24.6 Å². The first-order chi connectivity index (χ1) is 14.2. The highest BCUT2D eigenvalue weighted by atomic mass is 32.1. The van der Waals surface area contributed by atoms with E-state index < -0.39 is 5.91 Å². The third-order valence-corrected chi connectivity index (χ3v) is 5.10. The first-order valence-corrected chi connectivity index (χ1v) is 10.0. The number of carbonyl (C=O) groups excluding carboxylic acids is 2. The molecule has 0 radical (unpaired) electrons. The number of thiazole rings is 1. The second-order valence-electron chi connectivity index (χ2n) is 6.26. The fourth-order valence-corrected chi connectivity index (χ4v) is 3.60. The molecule has 0 aliphatic carbocycles. The number of nitrogens with zero attached hydrogens (tertiary/aromatic N) is 3. The normalized spacial score (nSPS) is 15.4. The molecule has 1 aliphatic heterocycles. The Morgan fingerprint density at radius 3 is 2.93 bits per heavy atom. The first-order valence-electron chi connectivity index (χ1n) is 9.13. The highest BCUT2D eigenvalue weighted by Crippen LogP contribution is 2.26. The summed E-state index contributed by atoms with van der Waals surface area (Å²) in [5.41, 5.74) is 1.68. The van der Waals surface area contributed by atoms with Crippen LogP contribution in [0.2, 0.25) is 0 Å². The predicted molar refractivity (Wildman–Crippen MR) is 107 cm³/mol. The van der Waals surface area contributed by atoms with E-state index in [-0.39, 0.29) is 23.6 Å². The molecular weight excluding hydrogens is 392 g/mol. The zero-order chi connectivity index (χ0) is 20.1. The maximum Gasteiger partial charge on any atom is 0.275 e. The van der Waals surface area contributed by atoms with Gasteiger partial charge in [0.15, 0.2) is 5.78 Å². The summed E-state index contributed by atoms with van der Waals surface area (Å²) >= 11 is 1.34. The molecule has 3 aromatic rings. The van der Waals surface area contributed by atoms with Gasteiger partial charge in [-0.2, -0.15) is 0 Å². The van der Waals surface area contributed by atoms with Crippen LogP contribution in [-0.4, -0.2) is 46.5 Å². The summed E-state index contributed by atoms with van der Waals surface area (Å²) in [4.78, 5) is 37.9. The van der Waals surface area contributed by atoms with Gasteiger partial charge in [-0.3, -0.25) is 14.6 Å². The van der Waals surface area contributed by atoms with Gasteiger partial charge >= 0.3 is 0 Å². The van der Waals surface area contributed by atoms with E-state index >= 15 is 0 Å². The summed E-state index contributed by atoms with van der Waals surface area (Å²) in [6.45, 7) is 1.17. The molecule has 4 bridgehead atoms. The minimum absolute atomic E-state index is 0.153. The van der Waals surface area contributed by atoms with Crippen molar-refractivity contribution in [2.24, 2.45) is 0 Å². The van der Waals surface area contributed by atoms with Gasteiger partial charge in [0.25, 0.3) is 5.91 Å². The number of anilines is 1. The van der Waals surface area contributed by atoms with Crippen LogP contribution in [-0.2, 0) is 4.74 Å². The standard InChI is InChI=1S/C20H18N4O4S/c25-16-4-2-8-27-9-10-28-17-11-13(5-7-21-17)20-24-15(12-29-20)19(26)23-14-3-1-6-22-18(14)16/h1,3,5-7,11-12H,2,4,8-10H2,(H,23,26). The number of hydrogen-bond acceptors (Lipinski definition) is 8. The maximum absolute atomic E-state index is 12.7. The monoisotopic (exact) mass is 410 g/mol. The van der Waals surface area contributed by atoms with Crippen LogP contribution >= 0.6 is 11.3 Å². The van der Waals surface area contributed by atoms with Gasteiger partial charge in [-0.1, -0.05) is 0 Å². The predicted octanol–water partition coefficient (Wildman–Crippen LogP) is 3.22. The lowest BCUT2D eigenvalue weighted by Crippen LogP contribution is -2.16. The molecule has 0 aromatic carbocycles. The largest absolute Gasteiger partial charge is 0.475 e. The number of pyridine rings is 2. The molecule has 0 atom stereocenters. The van der Waals surface area contributed by atoms with Crippen molar-refractivity contribution >= 4 is 28.7 Å². The average Bonchev–Trinajstić information content (AvgIpc) is 3.23. The van der Waals surface area contributed by atoms with Crippen molar-refractivity contribution in [1.29, 1.82) is 0 Å². The van der Waals surface area contributed by atoms with Crippen LogP contribution in [0.3, 0.4) is 0 Å². The maximum atomic E-state index is 12.7. The molecule has 8 nitrogen and oxygen atoms in total. The molecule has 1 amide bonds. The van der Waals surface area contributed by atoms with Gasteiger partial charge < -0.3 is 14.8 Å². The van der Waals surface area contributed by atoms with Crippen molar-refractivity contribution in [2.45, 2.75) is 12.8 Å². The van der Waals surface area contributed by atoms with Crippen LogP contribution in [0.4, 0.5) is 5.69 Å². The number of Topliss-reactive ketones (excluding diaryl/α,β-unsaturated/α-hetero) is 1. The van der Waals surface area contributed by atoms with Crippen LogP contribution in [0.15, 0.2) is 42.0 Å². The highest BCUT2D eigenvalue weighted by Gasteiger charge is 2.18. The summed E-state index contributed by atoms with van der Waals surface area (Å²) in [6.07, 6.45) is 3.99. The summed E-state index contributed by atoms with van der Waals surface area (Å²) in [6, 6.07) is 6.92. The Hall–Kier alpha value is -3.17. The second-order valence-corrected chi connectivity index (χ2v) is 7.12. The van der Waals surface area contributed by atoms with Crippen LogP contribution in [0, 0.1) is 0 Å². The van der Waals surface area contributed by atoms with Gasteiger partial charge in [-0.15, -0.1) is 11.3 Å². The van der Waals surface area contributed by atoms with Crippen LogP contribution in [0.1, 0.15) is 33.8 Å². The highest BCUT2D eigenvalue weighted by molar-refractivity contribution is 7.13. The molecule has 1 aliphatic rings. The molecule has 148 valence electrons. The number of ether oxygens (including phenoxy) is 2. The van der Waals surface area contributed by atoms with E-state index in [4.69, 9.17) is 9.47 Å². The van der Waals surface area contributed by atoms with Crippen LogP contribution in [0.5, 0.6) is 5.88 Å². The zero-order valence-corrected chi connectivity index (χ0v) is 16.3. The number of ketones is 1. The number of fused-ring (bicyclic) bond motifs is 6. The summed E-state index contributed by atoms with van der Waals surface area (Å²) < 4.78 is 11.1.